The van der Waals surface area contributed by atoms with Gasteiger partial charge >= 0.3 is 0 Å². The molecule has 0 bridgehead atoms. The number of amides is 1. The van der Waals surface area contributed by atoms with E-state index in [1.165, 1.54) is 47.7 Å². The molecule has 9 nitrogen and oxygen atoms in total. The lowest BCUT2D eigenvalue weighted by Crippen LogP contribution is -2.13. The zero-order valence-corrected chi connectivity index (χ0v) is 14.5. The van der Waals surface area contributed by atoms with Crippen LogP contribution in [0.15, 0.2) is 54.7 Å². The third-order valence-electron chi connectivity index (χ3n) is 3.62. The maximum atomic E-state index is 12.3. The molecule has 3 rings (SSSR count). The molecule has 136 valence electrons. The van der Waals surface area contributed by atoms with Gasteiger partial charge in [0.2, 0.25) is 0 Å². The van der Waals surface area contributed by atoms with Crippen molar-refractivity contribution < 1.29 is 14.6 Å². The summed E-state index contributed by atoms with van der Waals surface area (Å²) in [5.74, 6) is -0.626. The number of nitro groups is 2. The second-order valence-corrected chi connectivity index (χ2v) is 6.58. The van der Waals surface area contributed by atoms with E-state index in [4.69, 9.17) is 0 Å². The predicted octanol–water partition coefficient (Wildman–Crippen LogP) is 3.80. The molecule has 0 aliphatic rings. The summed E-state index contributed by atoms with van der Waals surface area (Å²) in [6.07, 6.45) is 1.97. The molecule has 1 N–H and O–H groups in total. The Kier molecular flexibility index (Phi) is 5.18. The van der Waals surface area contributed by atoms with Crippen LogP contribution in [0, 0.1) is 20.2 Å². The average Bonchev–Trinajstić information content (AvgIpc) is 3.08. The molecule has 0 unspecified atom stereocenters. The number of carbonyl (C=O) groups excluding carboxylic acids is 1. The molecular formula is C17H12N4O5S. The summed E-state index contributed by atoms with van der Waals surface area (Å²) < 4.78 is 0. The van der Waals surface area contributed by atoms with Gasteiger partial charge in [0.15, 0.2) is 5.13 Å². The van der Waals surface area contributed by atoms with Gasteiger partial charge in [0.25, 0.3) is 17.3 Å². The van der Waals surface area contributed by atoms with E-state index in [1.807, 2.05) is 0 Å². The van der Waals surface area contributed by atoms with Crippen molar-refractivity contribution in [2.24, 2.45) is 0 Å². The number of non-ortho nitro benzene ring substituents is 1. The lowest BCUT2D eigenvalue weighted by Gasteiger charge is -2.02. The maximum absolute atomic E-state index is 12.3. The fourth-order valence-electron chi connectivity index (χ4n) is 2.42. The first kappa shape index (κ1) is 18.1. The largest absolute Gasteiger partial charge is 0.298 e. The van der Waals surface area contributed by atoms with Crippen molar-refractivity contribution in [3.63, 3.8) is 0 Å². The number of rotatable bonds is 6. The SMILES string of the molecule is O=C(Nc1ncc(Cc2cccc([N+](=O)[O-])c2)s1)c1ccccc1[N+](=O)[O-]. The Morgan fingerprint density at radius 3 is 2.59 bits per heavy atom. The van der Waals surface area contributed by atoms with Crippen LogP contribution in [0.3, 0.4) is 0 Å². The molecule has 0 aliphatic heterocycles. The third kappa shape index (κ3) is 4.30. The van der Waals surface area contributed by atoms with Crippen molar-refractivity contribution in [2.75, 3.05) is 5.32 Å². The number of hydrogen-bond donors (Lipinski definition) is 1. The van der Waals surface area contributed by atoms with Crippen LogP contribution >= 0.6 is 11.3 Å². The van der Waals surface area contributed by atoms with Crippen molar-refractivity contribution in [3.8, 4) is 0 Å². The molecule has 0 saturated carbocycles. The third-order valence-corrected chi connectivity index (χ3v) is 4.53. The van der Waals surface area contributed by atoms with Gasteiger partial charge in [-0.25, -0.2) is 4.98 Å². The van der Waals surface area contributed by atoms with Crippen LogP contribution < -0.4 is 5.32 Å². The topological polar surface area (TPSA) is 128 Å². The molecule has 2 aromatic carbocycles. The summed E-state index contributed by atoms with van der Waals surface area (Å²) in [6, 6.07) is 11.9. The Bertz CT molecular complexity index is 1030. The number of thiazole rings is 1. The molecular weight excluding hydrogens is 372 g/mol. The van der Waals surface area contributed by atoms with Gasteiger partial charge in [-0.05, 0) is 11.6 Å². The first-order valence-corrected chi connectivity index (χ1v) is 8.48. The van der Waals surface area contributed by atoms with Crippen molar-refractivity contribution >= 4 is 33.8 Å². The minimum atomic E-state index is -0.626. The Morgan fingerprint density at radius 2 is 1.85 bits per heavy atom. The van der Waals surface area contributed by atoms with Gasteiger partial charge in [0.1, 0.15) is 5.56 Å². The van der Waals surface area contributed by atoms with Crippen LogP contribution in [-0.4, -0.2) is 20.7 Å². The summed E-state index contributed by atoms with van der Waals surface area (Å²) in [6.45, 7) is 0. The molecule has 0 fully saturated rings. The number of anilines is 1. The number of nitrogens with zero attached hydrogens (tertiary/aromatic N) is 3. The van der Waals surface area contributed by atoms with Crippen molar-refractivity contribution in [3.05, 3.63) is 91.0 Å². The van der Waals surface area contributed by atoms with Crippen molar-refractivity contribution in [2.45, 2.75) is 6.42 Å². The summed E-state index contributed by atoms with van der Waals surface area (Å²) in [4.78, 5) is 38.0. The van der Waals surface area contributed by atoms with E-state index in [0.29, 0.717) is 11.6 Å². The molecule has 0 aliphatic carbocycles. The Balaban J connectivity index is 1.73. The second kappa shape index (κ2) is 7.70. The summed E-state index contributed by atoms with van der Waals surface area (Å²) in [5, 5.41) is 24.7. The van der Waals surface area contributed by atoms with Crippen LogP contribution in [0.25, 0.3) is 0 Å². The fourth-order valence-corrected chi connectivity index (χ4v) is 3.26. The van der Waals surface area contributed by atoms with E-state index >= 15 is 0 Å². The molecule has 0 radical (unpaired) electrons. The minimum Gasteiger partial charge on any atom is -0.298 e. The van der Waals surface area contributed by atoms with Crippen molar-refractivity contribution in [1.29, 1.82) is 0 Å². The highest BCUT2D eigenvalue weighted by Crippen LogP contribution is 2.25. The van der Waals surface area contributed by atoms with Gasteiger partial charge in [-0.3, -0.25) is 30.3 Å². The maximum Gasteiger partial charge on any atom is 0.282 e. The van der Waals surface area contributed by atoms with E-state index in [9.17, 15) is 25.0 Å². The second-order valence-electron chi connectivity index (χ2n) is 5.46. The number of nitro benzene ring substituents is 2. The van der Waals surface area contributed by atoms with Crippen LogP contribution in [0.1, 0.15) is 20.8 Å². The highest BCUT2D eigenvalue weighted by atomic mass is 32.1. The predicted molar refractivity (Wildman–Crippen MR) is 99.1 cm³/mol. The molecule has 3 aromatic rings. The zero-order valence-electron chi connectivity index (χ0n) is 13.7. The van der Waals surface area contributed by atoms with E-state index in [1.54, 1.807) is 18.3 Å². The molecule has 10 heteroatoms. The Labute approximate surface area is 156 Å². The molecule has 0 spiro atoms. The van der Waals surface area contributed by atoms with Crippen LogP contribution in [-0.2, 0) is 6.42 Å². The minimum absolute atomic E-state index is 0.00179. The Morgan fingerprint density at radius 1 is 1.07 bits per heavy atom. The number of para-hydroxylation sites is 1. The lowest BCUT2D eigenvalue weighted by molar-refractivity contribution is -0.385. The number of nitrogens with one attached hydrogen (secondary N) is 1. The standard InChI is InChI=1S/C17H12N4O5S/c22-16(14-6-1-2-7-15(14)21(25)26)19-17-18-10-13(27-17)9-11-4-3-5-12(8-11)20(23)24/h1-8,10H,9H2,(H,18,19,22). The van der Waals surface area contributed by atoms with Gasteiger partial charge in [0, 0.05) is 35.7 Å². The normalized spacial score (nSPS) is 10.4. The van der Waals surface area contributed by atoms with Gasteiger partial charge in [-0.1, -0.05) is 24.3 Å². The quantitative estimate of drug-likeness (QED) is 0.508. The summed E-state index contributed by atoms with van der Waals surface area (Å²) in [7, 11) is 0. The summed E-state index contributed by atoms with van der Waals surface area (Å²) in [5.41, 5.74) is 0.396. The Hall–Kier alpha value is -3.66. The van der Waals surface area contributed by atoms with Crippen molar-refractivity contribution in [1.82, 2.24) is 4.98 Å². The number of aromatic nitrogens is 1. The smallest absolute Gasteiger partial charge is 0.282 e. The number of benzene rings is 2. The fraction of sp³-hybridized carbons (Fsp3) is 0.0588. The van der Waals surface area contributed by atoms with Gasteiger partial charge in [-0.2, -0.15) is 0 Å². The molecule has 1 heterocycles. The first-order valence-electron chi connectivity index (χ1n) is 7.67. The van der Waals surface area contributed by atoms with Crippen LogP contribution in [0.5, 0.6) is 0 Å². The van der Waals surface area contributed by atoms with Crippen LogP contribution in [0.4, 0.5) is 16.5 Å². The highest BCUT2D eigenvalue weighted by molar-refractivity contribution is 7.15. The van der Waals surface area contributed by atoms with E-state index in [-0.39, 0.29) is 16.9 Å². The van der Waals surface area contributed by atoms with Crippen LogP contribution in [0.2, 0.25) is 0 Å². The van der Waals surface area contributed by atoms with E-state index in [0.717, 1.165) is 10.4 Å². The van der Waals surface area contributed by atoms with E-state index in [2.05, 4.69) is 10.3 Å². The summed E-state index contributed by atoms with van der Waals surface area (Å²) >= 11 is 1.20. The number of carbonyl (C=O) groups is 1. The first-order chi connectivity index (χ1) is 12.9. The lowest BCUT2D eigenvalue weighted by atomic mass is 10.1. The molecule has 0 saturated heterocycles. The molecule has 1 amide bonds. The van der Waals surface area contributed by atoms with Gasteiger partial charge < -0.3 is 0 Å². The van der Waals surface area contributed by atoms with E-state index < -0.39 is 15.8 Å². The monoisotopic (exact) mass is 384 g/mol. The molecule has 0 atom stereocenters. The van der Waals surface area contributed by atoms with Gasteiger partial charge in [0.05, 0.1) is 9.85 Å². The molecule has 27 heavy (non-hydrogen) atoms. The highest BCUT2D eigenvalue weighted by Gasteiger charge is 2.20. The van der Waals surface area contributed by atoms with Gasteiger partial charge in [-0.15, -0.1) is 11.3 Å². The molecule has 1 aromatic heterocycles. The zero-order chi connectivity index (χ0) is 19.4. The number of hydrogen-bond acceptors (Lipinski definition) is 7. The average molecular weight is 384 g/mol.